The van der Waals surface area contributed by atoms with Crippen molar-refractivity contribution in [1.29, 1.82) is 0 Å². The van der Waals surface area contributed by atoms with E-state index in [1.165, 1.54) is 6.21 Å². The Kier molecular flexibility index (Phi) is 4.84. The third-order valence-corrected chi connectivity index (χ3v) is 2.75. The largest absolute Gasteiger partial charge is 0.487 e. The van der Waals surface area contributed by atoms with E-state index in [4.69, 9.17) is 9.94 Å². The highest BCUT2D eigenvalue weighted by Gasteiger charge is 2.07. The van der Waals surface area contributed by atoms with E-state index in [1.807, 2.05) is 0 Å². The van der Waals surface area contributed by atoms with Crippen molar-refractivity contribution in [2.24, 2.45) is 5.16 Å². The Labute approximate surface area is 105 Å². The van der Waals surface area contributed by atoms with E-state index in [0.717, 1.165) is 14.5 Å². The summed E-state index contributed by atoms with van der Waals surface area (Å²) in [6.07, 6.45) is 3.01. The number of hydrogen-bond donors (Lipinski definition) is 1. The molecule has 0 amide bonds. The van der Waals surface area contributed by atoms with Crippen LogP contribution in [-0.2, 0) is 0 Å². The minimum Gasteiger partial charge on any atom is -0.487 e. The number of ether oxygens (including phenoxy) is 1. The Morgan fingerprint density at radius 2 is 2.00 bits per heavy atom. The third kappa shape index (κ3) is 3.35. The molecule has 5 heteroatoms. The molecule has 0 aliphatic rings. The lowest BCUT2D eigenvalue weighted by Crippen LogP contribution is -1.96. The standard InChI is InChI=1S/C10H9Br2NO2/c1-2-3-15-10-8(11)4-7(6-13-14)5-9(10)12/h2,4-6,14H,1,3H2. The summed E-state index contributed by atoms with van der Waals surface area (Å²) >= 11 is 6.73. The van der Waals surface area contributed by atoms with Crippen LogP contribution in [0.15, 0.2) is 38.9 Å². The van der Waals surface area contributed by atoms with Gasteiger partial charge in [0.05, 0.1) is 15.2 Å². The van der Waals surface area contributed by atoms with E-state index in [9.17, 15) is 0 Å². The molecule has 0 unspecified atom stereocenters. The lowest BCUT2D eigenvalue weighted by atomic mass is 10.2. The van der Waals surface area contributed by atoms with E-state index >= 15 is 0 Å². The van der Waals surface area contributed by atoms with Gasteiger partial charge in [-0.1, -0.05) is 17.8 Å². The van der Waals surface area contributed by atoms with Crippen molar-refractivity contribution in [3.63, 3.8) is 0 Å². The van der Waals surface area contributed by atoms with Crippen LogP contribution in [0.2, 0.25) is 0 Å². The van der Waals surface area contributed by atoms with Crippen LogP contribution in [0.5, 0.6) is 5.75 Å². The van der Waals surface area contributed by atoms with Crippen LogP contribution in [0.25, 0.3) is 0 Å². The highest BCUT2D eigenvalue weighted by molar-refractivity contribution is 9.11. The first-order chi connectivity index (χ1) is 7.19. The van der Waals surface area contributed by atoms with Gasteiger partial charge in [0, 0.05) is 0 Å². The number of benzene rings is 1. The highest BCUT2D eigenvalue weighted by Crippen LogP contribution is 2.34. The molecule has 1 N–H and O–H groups in total. The molecule has 3 nitrogen and oxygen atoms in total. The molecule has 80 valence electrons. The van der Waals surface area contributed by atoms with Crippen molar-refractivity contribution in [1.82, 2.24) is 0 Å². The molecule has 0 aliphatic carbocycles. The summed E-state index contributed by atoms with van der Waals surface area (Å²) < 4.78 is 7.00. The SMILES string of the molecule is C=CCOc1c(Br)cc(C=NO)cc1Br. The second-order valence-electron chi connectivity index (χ2n) is 2.66. The van der Waals surface area contributed by atoms with E-state index < -0.39 is 0 Å². The maximum absolute atomic E-state index is 8.41. The lowest BCUT2D eigenvalue weighted by Gasteiger charge is -2.09. The van der Waals surface area contributed by atoms with Gasteiger partial charge in [-0.15, -0.1) is 0 Å². The molecule has 0 saturated heterocycles. The zero-order valence-electron chi connectivity index (χ0n) is 7.78. The first-order valence-corrected chi connectivity index (χ1v) is 5.67. The van der Waals surface area contributed by atoms with Crippen LogP contribution in [0.1, 0.15) is 5.56 Å². The molecule has 0 fully saturated rings. The highest BCUT2D eigenvalue weighted by atomic mass is 79.9. The monoisotopic (exact) mass is 333 g/mol. The van der Waals surface area contributed by atoms with Crippen molar-refractivity contribution in [3.8, 4) is 5.75 Å². The van der Waals surface area contributed by atoms with Gasteiger partial charge in [0.25, 0.3) is 0 Å². The molecule has 0 radical (unpaired) electrons. The second kappa shape index (κ2) is 5.92. The topological polar surface area (TPSA) is 41.8 Å². The fourth-order valence-electron chi connectivity index (χ4n) is 1.00. The van der Waals surface area contributed by atoms with Crippen molar-refractivity contribution < 1.29 is 9.94 Å². The van der Waals surface area contributed by atoms with Gasteiger partial charge in [-0.3, -0.25) is 0 Å². The Morgan fingerprint density at radius 3 is 2.47 bits per heavy atom. The van der Waals surface area contributed by atoms with Crippen LogP contribution in [-0.4, -0.2) is 18.0 Å². The van der Waals surface area contributed by atoms with Crippen molar-refractivity contribution >= 4 is 38.1 Å². The van der Waals surface area contributed by atoms with Gasteiger partial charge in [0.2, 0.25) is 0 Å². The molecule has 0 aliphatic heterocycles. The molecule has 1 aromatic rings. The van der Waals surface area contributed by atoms with Gasteiger partial charge in [0.1, 0.15) is 12.4 Å². The number of oxime groups is 1. The Balaban J connectivity index is 3.03. The van der Waals surface area contributed by atoms with Crippen LogP contribution < -0.4 is 4.74 Å². The van der Waals surface area contributed by atoms with E-state index in [-0.39, 0.29) is 0 Å². The Morgan fingerprint density at radius 1 is 1.40 bits per heavy atom. The summed E-state index contributed by atoms with van der Waals surface area (Å²) in [7, 11) is 0. The normalized spacial score (nSPS) is 10.5. The number of hydrogen-bond acceptors (Lipinski definition) is 3. The van der Waals surface area contributed by atoms with Gasteiger partial charge < -0.3 is 9.94 Å². The van der Waals surface area contributed by atoms with Crippen LogP contribution in [0, 0.1) is 0 Å². The second-order valence-corrected chi connectivity index (χ2v) is 4.37. The summed E-state index contributed by atoms with van der Waals surface area (Å²) in [4.78, 5) is 0. The van der Waals surface area contributed by atoms with E-state index in [2.05, 4.69) is 43.6 Å². The summed E-state index contributed by atoms with van der Waals surface area (Å²) in [5.41, 5.74) is 0.766. The fourth-order valence-corrected chi connectivity index (χ4v) is 2.45. The quantitative estimate of drug-likeness (QED) is 0.396. The summed E-state index contributed by atoms with van der Waals surface area (Å²) in [5, 5.41) is 11.4. The van der Waals surface area contributed by atoms with Gasteiger partial charge >= 0.3 is 0 Å². The average molecular weight is 335 g/mol. The molecule has 1 aromatic carbocycles. The summed E-state index contributed by atoms with van der Waals surface area (Å²) in [5.74, 6) is 0.699. The molecule has 15 heavy (non-hydrogen) atoms. The van der Waals surface area contributed by atoms with Crippen LogP contribution in [0.4, 0.5) is 0 Å². The molecule has 0 atom stereocenters. The Bertz CT molecular complexity index is 368. The molecule has 0 spiro atoms. The maximum atomic E-state index is 8.41. The minimum absolute atomic E-state index is 0.435. The fraction of sp³-hybridized carbons (Fsp3) is 0.100. The summed E-state index contributed by atoms with van der Waals surface area (Å²) in [6.45, 7) is 4.01. The van der Waals surface area contributed by atoms with Gasteiger partial charge in [-0.05, 0) is 49.6 Å². The zero-order chi connectivity index (χ0) is 11.3. The number of nitrogens with zero attached hydrogens (tertiary/aromatic N) is 1. The molecule has 1 rings (SSSR count). The first-order valence-electron chi connectivity index (χ1n) is 4.09. The zero-order valence-corrected chi connectivity index (χ0v) is 11.0. The van der Waals surface area contributed by atoms with Crippen LogP contribution >= 0.6 is 31.9 Å². The number of rotatable bonds is 4. The lowest BCUT2D eigenvalue weighted by molar-refractivity contribution is 0.322. The van der Waals surface area contributed by atoms with E-state index in [0.29, 0.717) is 12.4 Å². The first kappa shape index (κ1) is 12.3. The van der Waals surface area contributed by atoms with Gasteiger partial charge in [0.15, 0.2) is 0 Å². The smallest absolute Gasteiger partial charge is 0.148 e. The molecule has 0 saturated carbocycles. The Hall–Kier alpha value is -0.810. The predicted octanol–water partition coefficient (Wildman–Crippen LogP) is 3.58. The van der Waals surface area contributed by atoms with Gasteiger partial charge in [-0.25, -0.2) is 0 Å². The van der Waals surface area contributed by atoms with Crippen molar-refractivity contribution in [3.05, 3.63) is 39.3 Å². The molecule has 0 aromatic heterocycles. The third-order valence-electron chi connectivity index (χ3n) is 1.57. The number of halogens is 2. The van der Waals surface area contributed by atoms with E-state index in [1.54, 1.807) is 18.2 Å². The summed E-state index contributed by atoms with van der Waals surface area (Å²) in [6, 6.07) is 3.59. The molecule has 0 heterocycles. The molecular weight excluding hydrogens is 326 g/mol. The molecular formula is C10H9Br2NO2. The van der Waals surface area contributed by atoms with Crippen molar-refractivity contribution in [2.45, 2.75) is 0 Å². The maximum Gasteiger partial charge on any atom is 0.148 e. The van der Waals surface area contributed by atoms with Crippen molar-refractivity contribution in [2.75, 3.05) is 6.61 Å². The van der Waals surface area contributed by atoms with Crippen LogP contribution in [0.3, 0.4) is 0 Å². The average Bonchev–Trinajstić information content (AvgIpc) is 2.17. The van der Waals surface area contributed by atoms with Gasteiger partial charge in [-0.2, -0.15) is 0 Å². The minimum atomic E-state index is 0.435. The molecule has 0 bridgehead atoms. The predicted molar refractivity (Wildman–Crippen MR) is 66.9 cm³/mol.